The molecule has 6 unspecified atom stereocenters. The molecule has 0 aromatic heterocycles. The van der Waals surface area contributed by atoms with E-state index in [-0.39, 0.29) is 12.8 Å². The van der Waals surface area contributed by atoms with E-state index >= 15 is 0 Å². The van der Waals surface area contributed by atoms with Gasteiger partial charge in [-0.05, 0) is 44.9 Å². The van der Waals surface area contributed by atoms with Crippen molar-refractivity contribution in [2.24, 2.45) is 0 Å². The second-order valence-corrected chi connectivity index (χ2v) is 19.8. The second kappa shape index (κ2) is 41.3. The monoisotopic (exact) mass is 947 g/mol. The molecule has 6 N–H and O–H groups in total. The Morgan fingerprint density at radius 1 is 0.477 bits per heavy atom. The van der Waals surface area contributed by atoms with E-state index in [1.807, 2.05) is 0 Å². The van der Waals surface area contributed by atoms with E-state index in [1.165, 1.54) is 135 Å². The molecule has 0 heterocycles. The van der Waals surface area contributed by atoms with E-state index in [4.69, 9.17) is 18.5 Å². The van der Waals surface area contributed by atoms with Gasteiger partial charge >= 0.3 is 19.8 Å². The molecule has 0 spiro atoms. The Kier molecular flexibility index (Phi) is 39.0. The Balaban J connectivity index is 2.39. The van der Waals surface area contributed by atoms with E-state index in [9.17, 15) is 44.6 Å². The van der Waals surface area contributed by atoms with Gasteiger partial charge in [0.2, 0.25) is 0 Å². The quantitative estimate of drug-likeness (QED) is 0.0146. The standard InChI is InChI=1S/C51H95O13P/c1-3-5-7-9-11-13-15-17-19-21-22-24-26-28-30-32-34-36-38-40-45(53)63-43(42-62-65(59,60)64-51-49(57)47(55)46(54)48(56)50(51)58)41-61-44(52)39-37-35-33-31-29-27-25-23-20-18-16-14-12-10-8-6-4-2/h11,13,17,19,43,46-51,54-58H,3-10,12,14-16,18,20-42H2,1-2H3,(H,59,60)/b13-11-,19-17-. The number of rotatable bonds is 44. The van der Waals surface area contributed by atoms with Crippen molar-refractivity contribution in [2.45, 2.75) is 275 Å². The molecule has 1 saturated carbocycles. The van der Waals surface area contributed by atoms with Crippen LogP contribution in [-0.2, 0) is 32.7 Å². The Morgan fingerprint density at radius 2 is 0.831 bits per heavy atom. The van der Waals surface area contributed by atoms with Gasteiger partial charge in [-0.15, -0.1) is 0 Å². The zero-order chi connectivity index (χ0) is 47.8. The van der Waals surface area contributed by atoms with E-state index in [0.717, 1.165) is 57.8 Å². The van der Waals surface area contributed by atoms with E-state index in [0.29, 0.717) is 12.8 Å². The number of hydrogen-bond acceptors (Lipinski definition) is 12. The van der Waals surface area contributed by atoms with Crippen LogP contribution in [0.15, 0.2) is 24.3 Å². The Hall–Kier alpha value is -1.67. The third-order valence-corrected chi connectivity index (χ3v) is 13.3. The molecular weight excluding hydrogens is 852 g/mol. The van der Waals surface area contributed by atoms with Gasteiger partial charge in [-0.25, -0.2) is 4.57 Å². The fourth-order valence-corrected chi connectivity index (χ4v) is 9.06. The summed E-state index contributed by atoms with van der Waals surface area (Å²) >= 11 is 0. The first-order valence-electron chi connectivity index (χ1n) is 26.1. The Bertz CT molecular complexity index is 1230. The highest BCUT2D eigenvalue weighted by atomic mass is 31.2. The summed E-state index contributed by atoms with van der Waals surface area (Å²) in [5, 5.41) is 50.3. The number of unbranched alkanes of at least 4 members (excludes halogenated alkanes) is 28. The van der Waals surface area contributed by atoms with Crippen molar-refractivity contribution in [1.29, 1.82) is 0 Å². The van der Waals surface area contributed by atoms with Crippen molar-refractivity contribution in [3.8, 4) is 0 Å². The Labute approximate surface area is 394 Å². The number of aliphatic hydroxyl groups is 5. The SMILES string of the molecule is CCCCC/C=C\C/C=C\CCCCCCCCCCCC(=O)OC(COC(=O)CCCCCCCCCCCCCCCCCCC)COP(=O)(O)OC1C(O)C(O)C(O)C(O)C1O. The average molecular weight is 947 g/mol. The number of aliphatic hydroxyl groups excluding tert-OH is 5. The minimum Gasteiger partial charge on any atom is -0.462 e. The molecule has 0 aromatic carbocycles. The topological polar surface area (TPSA) is 210 Å². The highest BCUT2D eigenvalue weighted by molar-refractivity contribution is 7.47. The summed E-state index contributed by atoms with van der Waals surface area (Å²) in [4.78, 5) is 35.8. The number of allylic oxidation sites excluding steroid dienone is 4. The van der Waals surface area contributed by atoms with Crippen LogP contribution in [0, 0.1) is 0 Å². The van der Waals surface area contributed by atoms with Gasteiger partial charge < -0.3 is 39.9 Å². The molecule has 0 amide bonds. The summed E-state index contributed by atoms with van der Waals surface area (Å²) < 4.78 is 33.7. The van der Waals surface area contributed by atoms with Gasteiger partial charge in [0.15, 0.2) is 6.10 Å². The Morgan fingerprint density at radius 3 is 1.28 bits per heavy atom. The first-order valence-corrected chi connectivity index (χ1v) is 27.6. The van der Waals surface area contributed by atoms with Crippen LogP contribution in [0.5, 0.6) is 0 Å². The van der Waals surface area contributed by atoms with E-state index in [2.05, 4.69) is 38.2 Å². The van der Waals surface area contributed by atoms with Crippen molar-refractivity contribution in [1.82, 2.24) is 0 Å². The maximum absolute atomic E-state index is 12.9. The smallest absolute Gasteiger partial charge is 0.462 e. The highest BCUT2D eigenvalue weighted by Crippen LogP contribution is 2.47. The van der Waals surface area contributed by atoms with Gasteiger partial charge in [0.25, 0.3) is 0 Å². The summed E-state index contributed by atoms with van der Waals surface area (Å²) in [7, 11) is -5.12. The number of esters is 2. The third kappa shape index (κ3) is 33.5. The normalized spacial score (nSPS) is 21.5. The minimum atomic E-state index is -5.12. The molecular formula is C51H95O13P. The molecule has 13 nitrogen and oxygen atoms in total. The summed E-state index contributed by atoms with van der Waals surface area (Å²) in [6, 6.07) is 0. The van der Waals surface area contributed by atoms with E-state index in [1.54, 1.807) is 0 Å². The van der Waals surface area contributed by atoms with Gasteiger partial charge in [0, 0.05) is 12.8 Å². The van der Waals surface area contributed by atoms with E-state index < -0.39 is 75.7 Å². The van der Waals surface area contributed by atoms with Crippen molar-refractivity contribution in [2.75, 3.05) is 13.2 Å². The third-order valence-electron chi connectivity index (χ3n) is 12.3. The summed E-state index contributed by atoms with van der Waals surface area (Å²) in [5.41, 5.74) is 0. The first kappa shape index (κ1) is 61.3. The van der Waals surface area contributed by atoms with Gasteiger partial charge in [-0.2, -0.15) is 0 Å². The molecule has 6 atom stereocenters. The van der Waals surface area contributed by atoms with Crippen LogP contribution in [0.25, 0.3) is 0 Å². The van der Waals surface area contributed by atoms with Gasteiger partial charge in [0.05, 0.1) is 6.61 Å². The molecule has 1 rings (SSSR count). The number of phosphoric ester groups is 1. The highest BCUT2D eigenvalue weighted by Gasteiger charge is 2.51. The van der Waals surface area contributed by atoms with Crippen LogP contribution in [0.2, 0.25) is 0 Å². The van der Waals surface area contributed by atoms with Crippen molar-refractivity contribution in [3.05, 3.63) is 24.3 Å². The van der Waals surface area contributed by atoms with Crippen LogP contribution >= 0.6 is 7.82 Å². The van der Waals surface area contributed by atoms with Gasteiger partial charge in [-0.1, -0.05) is 199 Å². The predicted octanol–water partition coefficient (Wildman–Crippen LogP) is 11.2. The molecule has 1 aliphatic carbocycles. The van der Waals surface area contributed by atoms with Crippen LogP contribution < -0.4 is 0 Å². The lowest BCUT2D eigenvalue weighted by atomic mass is 9.85. The van der Waals surface area contributed by atoms with Crippen LogP contribution in [0.1, 0.15) is 232 Å². The largest absolute Gasteiger partial charge is 0.472 e. The molecule has 0 bridgehead atoms. The molecule has 0 aromatic rings. The number of hydrogen-bond donors (Lipinski definition) is 6. The first-order chi connectivity index (χ1) is 31.4. The molecule has 382 valence electrons. The summed E-state index contributed by atoms with van der Waals surface area (Å²) in [6.45, 7) is 3.31. The van der Waals surface area contributed by atoms with Crippen LogP contribution in [0.3, 0.4) is 0 Å². The number of phosphoric acid groups is 1. The fraction of sp³-hybridized carbons (Fsp3) is 0.882. The number of carbonyl (C=O) groups excluding carboxylic acids is 2. The maximum Gasteiger partial charge on any atom is 0.472 e. The molecule has 0 aliphatic heterocycles. The van der Waals surface area contributed by atoms with Crippen molar-refractivity contribution in [3.63, 3.8) is 0 Å². The fourth-order valence-electron chi connectivity index (χ4n) is 8.08. The number of carbonyl (C=O) groups is 2. The zero-order valence-electron chi connectivity index (χ0n) is 40.8. The molecule has 14 heteroatoms. The maximum atomic E-state index is 12.9. The van der Waals surface area contributed by atoms with Crippen LogP contribution in [-0.4, -0.2) is 98.3 Å². The summed E-state index contributed by atoms with van der Waals surface area (Å²) in [5.74, 6) is -1.09. The van der Waals surface area contributed by atoms with Crippen molar-refractivity contribution < 1.29 is 63.1 Å². The predicted molar refractivity (Wildman–Crippen MR) is 258 cm³/mol. The second-order valence-electron chi connectivity index (χ2n) is 18.4. The number of ether oxygens (including phenoxy) is 2. The molecule has 65 heavy (non-hydrogen) atoms. The average Bonchev–Trinajstić information content (AvgIpc) is 3.29. The van der Waals surface area contributed by atoms with Gasteiger partial charge in [-0.3, -0.25) is 18.6 Å². The van der Waals surface area contributed by atoms with Crippen LogP contribution in [0.4, 0.5) is 0 Å². The lowest BCUT2D eigenvalue weighted by molar-refractivity contribution is -0.220. The zero-order valence-corrected chi connectivity index (χ0v) is 41.7. The molecule has 1 fully saturated rings. The molecule has 0 radical (unpaired) electrons. The minimum absolute atomic E-state index is 0.0950. The lowest BCUT2D eigenvalue weighted by Crippen LogP contribution is -2.64. The molecule has 1 aliphatic rings. The lowest BCUT2D eigenvalue weighted by Gasteiger charge is -2.41. The summed E-state index contributed by atoms with van der Waals surface area (Å²) in [6.07, 6.45) is 33.6. The van der Waals surface area contributed by atoms with Gasteiger partial charge in [0.1, 0.15) is 43.2 Å². The molecule has 0 saturated heterocycles. The van der Waals surface area contributed by atoms with Crippen molar-refractivity contribution >= 4 is 19.8 Å².